The Balaban J connectivity index is 1.50. The van der Waals surface area contributed by atoms with Crippen LogP contribution in [0.5, 0.6) is 0 Å². The van der Waals surface area contributed by atoms with Crippen molar-refractivity contribution in [1.29, 1.82) is 0 Å². The van der Waals surface area contributed by atoms with Crippen molar-refractivity contribution in [3.05, 3.63) is 53.6 Å². The second-order valence-electron chi connectivity index (χ2n) is 6.73. The third kappa shape index (κ3) is 3.20. The molecule has 0 spiro atoms. The van der Waals surface area contributed by atoms with Gasteiger partial charge in [0, 0.05) is 18.7 Å². The van der Waals surface area contributed by atoms with Crippen LogP contribution in [-0.2, 0) is 9.59 Å². The van der Waals surface area contributed by atoms with Gasteiger partial charge in [0.25, 0.3) is 0 Å². The summed E-state index contributed by atoms with van der Waals surface area (Å²) in [6, 6.07) is 13.8. The maximum atomic E-state index is 12.6. The second-order valence-corrected chi connectivity index (χ2v) is 7.76. The number of benzene rings is 2. The van der Waals surface area contributed by atoms with E-state index in [9.17, 15) is 9.59 Å². The quantitative estimate of drug-likeness (QED) is 0.765. The van der Waals surface area contributed by atoms with E-state index in [1.54, 1.807) is 4.90 Å². The predicted octanol–water partition coefficient (Wildman–Crippen LogP) is 3.90. The van der Waals surface area contributed by atoms with Crippen molar-refractivity contribution < 1.29 is 9.59 Å². The molecule has 1 N–H and O–H groups in total. The summed E-state index contributed by atoms with van der Waals surface area (Å²) in [5, 5.41) is 3.46. The third-order valence-corrected chi connectivity index (χ3v) is 5.49. The number of nitrogens with one attached hydrogen (secondary N) is 1. The van der Waals surface area contributed by atoms with Crippen LogP contribution in [0, 0.1) is 19.8 Å². The van der Waals surface area contributed by atoms with Gasteiger partial charge < -0.3 is 10.2 Å². The first-order valence-electron chi connectivity index (χ1n) is 8.55. The first-order chi connectivity index (χ1) is 12.5. The van der Waals surface area contributed by atoms with Crippen LogP contribution in [0.25, 0.3) is 10.2 Å². The molecule has 1 atom stereocenters. The summed E-state index contributed by atoms with van der Waals surface area (Å²) < 4.78 is 1.03. The number of carbonyl (C=O) groups excluding carboxylic acids is 2. The number of nitrogens with zero attached hydrogens (tertiary/aromatic N) is 2. The molecule has 5 nitrogen and oxygen atoms in total. The number of hydrogen-bond donors (Lipinski definition) is 1. The van der Waals surface area contributed by atoms with E-state index in [2.05, 4.69) is 16.4 Å². The number of carbonyl (C=O) groups is 2. The fraction of sp³-hybridized carbons (Fsp3) is 0.250. The Kier molecular flexibility index (Phi) is 4.20. The summed E-state index contributed by atoms with van der Waals surface area (Å²) in [5.74, 6) is -0.529. The van der Waals surface area contributed by atoms with Crippen molar-refractivity contribution in [2.24, 2.45) is 5.92 Å². The van der Waals surface area contributed by atoms with E-state index in [1.165, 1.54) is 11.3 Å². The van der Waals surface area contributed by atoms with E-state index < -0.39 is 0 Å². The van der Waals surface area contributed by atoms with Gasteiger partial charge in [0.15, 0.2) is 5.13 Å². The molecule has 0 bridgehead atoms. The van der Waals surface area contributed by atoms with Gasteiger partial charge in [-0.2, -0.15) is 0 Å². The van der Waals surface area contributed by atoms with Crippen LogP contribution < -0.4 is 10.2 Å². The Hall–Kier alpha value is -2.73. The van der Waals surface area contributed by atoms with Crippen LogP contribution in [0.3, 0.4) is 0 Å². The monoisotopic (exact) mass is 365 g/mol. The molecule has 26 heavy (non-hydrogen) atoms. The Morgan fingerprint density at radius 2 is 1.92 bits per heavy atom. The zero-order valence-electron chi connectivity index (χ0n) is 14.7. The largest absolute Gasteiger partial charge is 0.312 e. The number of aryl methyl sites for hydroxylation is 2. The summed E-state index contributed by atoms with van der Waals surface area (Å²) in [4.78, 5) is 31.2. The summed E-state index contributed by atoms with van der Waals surface area (Å²) in [7, 11) is 0. The van der Waals surface area contributed by atoms with E-state index >= 15 is 0 Å². The molecule has 0 unspecified atom stereocenters. The number of rotatable bonds is 3. The summed E-state index contributed by atoms with van der Waals surface area (Å²) in [5.41, 5.74) is 3.94. The summed E-state index contributed by atoms with van der Waals surface area (Å²) in [6.45, 7) is 4.42. The van der Waals surface area contributed by atoms with Crippen LogP contribution >= 0.6 is 11.3 Å². The van der Waals surface area contributed by atoms with E-state index in [-0.39, 0.29) is 24.2 Å². The molecule has 6 heteroatoms. The molecule has 1 aromatic heterocycles. The Labute approximate surface area is 155 Å². The minimum absolute atomic E-state index is 0.0144. The average molecular weight is 365 g/mol. The lowest BCUT2D eigenvalue weighted by Gasteiger charge is -2.18. The number of hydrogen-bond acceptors (Lipinski definition) is 4. The first kappa shape index (κ1) is 16.7. The zero-order valence-corrected chi connectivity index (χ0v) is 15.5. The smallest absolute Gasteiger partial charge is 0.231 e. The van der Waals surface area contributed by atoms with E-state index in [0.29, 0.717) is 11.7 Å². The molecule has 2 amide bonds. The van der Waals surface area contributed by atoms with Crippen LogP contribution in [0.15, 0.2) is 42.5 Å². The zero-order chi connectivity index (χ0) is 18.3. The first-order valence-corrected chi connectivity index (χ1v) is 9.36. The number of aromatic nitrogens is 1. The lowest BCUT2D eigenvalue weighted by atomic mass is 10.1. The maximum absolute atomic E-state index is 12.6. The number of anilines is 2. The highest BCUT2D eigenvalue weighted by molar-refractivity contribution is 7.22. The maximum Gasteiger partial charge on any atom is 0.231 e. The molecule has 132 valence electrons. The van der Waals surface area contributed by atoms with Crippen molar-refractivity contribution in [1.82, 2.24) is 4.98 Å². The van der Waals surface area contributed by atoms with E-state index in [0.717, 1.165) is 27.0 Å². The van der Waals surface area contributed by atoms with Crippen LogP contribution in [0.2, 0.25) is 0 Å². The second kappa shape index (κ2) is 6.53. The number of fused-ring (bicyclic) bond motifs is 1. The minimum atomic E-state index is -0.365. The normalized spacial score (nSPS) is 17.1. The molecule has 4 rings (SSSR count). The molecule has 0 saturated carbocycles. The van der Waals surface area contributed by atoms with Gasteiger partial charge >= 0.3 is 0 Å². The van der Waals surface area contributed by atoms with Crippen molar-refractivity contribution in [2.45, 2.75) is 20.3 Å². The van der Waals surface area contributed by atoms with Gasteiger partial charge in [-0.3, -0.25) is 9.59 Å². The van der Waals surface area contributed by atoms with Gasteiger partial charge in [-0.25, -0.2) is 4.98 Å². The molecule has 1 saturated heterocycles. The van der Waals surface area contributed by atoms with Crippen molar-refractivity contribution >= 4 is 44.2 Å². The molecule has 1 aliphatic rings. The van der Waals surface area contributed by atoms with Crippen LogP contribution in [0.4, 0.5) is 10.8 Å². The van der Waals surface area contributed by atoms with Gasteiger partial charge in [-0.15, -0.1) is 0 Å². The summed E-state index contributed by atoms with van der Waals surface area (Å²) >= 11 is 1.44. The van der Waals surface area contributed by atoms with Gasteiger partial charge in [-0.05, 0) is 49.2 Å². The van der Waals surface area contributed by atoms with Gasteiger partial charge in [0.1, 0.15) is 0 Å². The molecule has 0 radical (unpaired) electrons. The molecule has 2 aromatic carbocycles. The lowest BCUT2D eigenvalue weighted by Crippen LogP contribution is -2.28. The molecular formula is C20H19N3O2S. The molecule has 0 aliphatic carbocycles. The SMILES string of the molecule is Cc1cc(C)cc(N2C[C@@H](C(=O)Nc3nc4ccccc4s3)CC2=O)c1. The van der Waals surface area contributed by atoms with Crippen LogP contribution in [-0.4, -0.2) is 23.3 Å². The summed E-state index contributed by atoms with van der Waals surface area (Å²) in [6.07, 6.45) is 0.226. The van der Waals surface area contributed by atoms with Crippen molar-refractivity contribution in [3.8, 4) is 0 Å². The van der Waals surface area contributed by atoms with E-state index in [4.69, 9.17) is 0 Å². The predicted molar refractivity (Wildman–Crippen MR) is 105 cm³/mol. The highest BCUT2D eigenvalue weighted by atomic mass is 32.1. The Morgan fingerprint density at radius 3 is 2.65 bits per heavy atom. The number of thiazole rings is 1. The highest BCUT2D eigenvalue weighted by Crippen LogP contribution is 2.29. The third-order valence-electron chi connectivity index (χ3n) is 4.54. The Morgan fingerprint density at radius 1 is 1.19 bits per heavy atom. The Bertz CT molecular complexity index is 958. The molecule has 1 aliphatic heterocycles. The van der Waals surface area contributed by atoms with Crippen molar-refractivity contribution in [3.63, 3.8) is 0 Å². The highest BCUT2D eigenvalue weighted by Gasteiger charge is 2.35. The fourth-order valence-electron chi connectivity index (χ4n) is 3.37. The van der Waals surface area contributed by atoms with Gasteiger partial charge in [0.2, 0.25) is 11.8 Å². The molecule has 3 aromatic rings. The van der Waals surface area contributed by atoms with Gasteiger partial charge in [0.05, 0.1) is 16.1 Å². The standard InChI is InChI=1S/C20H19N3O2S/c1-12-7-13(2)9-15(8-12)23-11-14(10-18(23)24)19(25)22-20-21-16-5-3-4-6-17(16)26-20/h3-9,14H,10-11H2,1-2H3,(H,21,22,25)/t14-/m0/s1. The number of para-hydroxylation sites is 1. The minimum Gasteiger partial charge on any atom is -0.312 e. The molecule has 2 heterocycles. The fourth-order valence-corrected chi connectivity index (χ4v) is 4.24. The number of amides is 2. The van der Waals surface area contributed by atoms with Crippen molar-refractivity contribution in [2.75, 3.05) is 16.8 Å². The lowest BCUT2D eigenvalue weighted by molar-refractivity contribution is -0.122. The average Bonchev–Trinajstić information content (AvgIpc) is 3.16. The van der Waals surface area contributed by atoms with Crippen LogP contribution in [0.1, 0.15) is 17.5 Å². The molecule has 1 fully saturated rings. The topological polar surface area (TPSA) is 62.3 Å². The molecular weight excluding hydrogens is 346 g/mol. The van der Waals surface area contributed by atoms with E-state index in [1.807, 2.05) is 50.2 Å². The van der Waals surface area contributed by atoms with Gasteiger partial charge in [-0.1, -0.05) is 29.5 Å².